The van der Waals surface area contributed by atoms with Crippen LogP contribution in [0.25, 0.3) is 0 Å². The molecule has 0 radical (unpaired) electrons. The lowest BCUT2D eigenvalue weighted by molar-refractivity contribution is -0.120. The molecule has 7 heteroatoms. The van der Waals surface area contributed by atoms with Crippen LogP contribution in [-0.2, 0) is 11.2 Å². The number of rotatable bonds is 7. The predicted octanol–water partition coefficient (Wildman–Crippen LogP) is 2.31. The first-order chi connectivity index (χ1) is 12.4. The van der Waals surface area contributed by atoms with Gasteiger partial charge in [-0.2, -0.15) is 11.8 Å². The van der Waals surface area contributed by atoms with E-state index in [9.17, 15) is 9.59 Å². The van der Waals surface area contributed by atoms with Crippen LogP contribution in [0.1, 0.15) is 26.3 Å². The summed E-state index contributed by atoms with van der Waals surface area (Å²) in [6.07, 6.45) is 1.04. The van der Waals surface area contributed by atoms with Gasteiger partial charge in [0.15, 0.2) is 0 Å². The van der Waals surface area contributed by atoms with Gasteiger partial charge in [0, 0.05) is 42.9 Å². The van der Waals surface area contributed by atoms with E-state index >= 15 is 0 Å². The van der Waals surface area contributed by atoms with Gasteiger partial charge in [0.05, 0.1) is 0 Å². The number of carbonyl (C=O) groups is 2. The third-order valence-corrected chi connectivity index (χ3v) is 5.15. The molecule has 1 atom stereocenters. The number of thioether (sulfide) groups is 1. The number of hydrogen-bond acceptors (Lipinski definition) is 5. The third kappa shape index (κ3) is 7.25. The van der Waals surface area contributed by atoms with Crippen molar-refractivity contribution in [2.24, 2.45) is 0 Å². The fourth-order valence-electron chi connectivity index (χ4n) is 2.71. The maximum absolute atomic E-state index is 12.0. The molecule has 1 heterocycles. The molecule has 1 saturated heterocycles. The van der Waals surface area contributed by atoms with Crippen LogP contribution in [0.4, 0.5) is 10.5 Å². The largest absolute Gasteiger partial charge is 0.374 e. The van der Waals surface area contributed by atoms with Crippen LogP contribution in [0.3, 0.4) is 0 Å². The summed E-state index contributed by atoms with van der Waals surface area (Å²) in [5.41, 5.74) is 2.16. The van der Waals surface area contributed by atoms with E-state index in [0.717, 1.165) is 18.7 Å². The SMILES string of the molecule is CC(C)NC(=O)NC(=O)C(C)Nc1ccc(CCN2CCSCC2)cc1. The quantitative estimate of drug-likeness (QED) is 0.679. The highest BCUT2D eigenvalue weighted by Gasteiger charge is 2.16. The normalized spacial score (nSPS) is 16.2. The van der Waals surface area contributed by atoms with Gasteiger partial charge in [-0.3, -0.25) is 10.1 Å². The van der Waals surface area contributed by atoms with Gasteiger partial charge in [-0.15, -0.1) is 0 Å². The van der Waals surface area contributed by atoms with E-state index in [2.05, 4.69) is 33.0 Å². The topological polar surface area (TPSA) is 73.5 Å². The van der Waals surface area contributed by atoms with E-state index < -0.39 is 12.1 Å². The number of hydrogen-bond donors (Lipinski definition) is 3. The summed E-state index contributed by atoms with van der Waals surface area (Å²) in [4.78, 5) is 26.1. The molecule has 0 bridgehead atoms. The zero-order valence-electron chi connectivity index (χ0n) is 15.9. The maximum Gasteiger partial charge on any atom is 0.321 e. The summed E-state index contributed by atoms with van der Waals surface area (Å²) in [6, 6.07) is 7.18. The zero-order valence-corrected chi connectivity index (χ0v) is 16.7. The minimum atomic E-state index is -0.496. The van der Waals surface area contributed by atoms with Gasteiger partial charge in [0.1, 0.15) is 6.04 Å². The minimum absolute atomic E-state index is 0.0118. The Morgan fingerprint density at radius 3 is 2.38 bits per heavy atom. The first-order valence-electron chi connectivity index (χ1n) is 9.21. The van der Waals surface area contributed by atoms with Gasteiger partial charge in [0.25, 0.3) is 0 Å². The number of urea groups is 1. The smallest absolute Gasteiger partial charge is 0.321 e. The number of imide groups is 1. The Bertz CT molecular complexity index is 586. The first-order valence-corrected chi connectivity index (χ1v) is 10.4. The van der Waals surface area contributed by atoms with Gasteiger partial charge in [-0.05, 0) is 44.9 Å². The molecule has 0 saturated carbocycles. The molecule has 2 rings (SSSR count). The minimum Gasteiger partial charge on any atom is -0.374 e. The lowest BCUT2D eigenvalue weighted by Crippen LogP contribution is -2.47. The summed E-state index contributed by atoms with van der Waals surface area (Å²) in [5.74, 6) is 2.12. The number of nitrogens with zero attached hydrogens (tertiary/aromatic N) is 1. The van der Waals surface area contributed by atoms with Gasteiger partial charge >= 0.3 is 6.03 Å². The van der Waals surface area contributed by atoms with Gasteiger partial charge < -0.3 is 15.5 Å². The van der Waals surface area contributed by atoms with Crippen molar-refractivity contribution in [2.75, 3.05) is 36.5 Å². The molecule has 3 N–H and O–H groups in total. The maximum atomic E-state index is 12.0. The van der Waals surface area contributed by atoms with Crippen LogP contribution in [0.2, 0.25) is 0 Å². The van der Waals surface area contributed by atoms with Crippen LogP contribution in [0, 0.1) is 0 Å². The summed E-state index contributed by atoms with van der Waals surface area (Å²) in [7, 11) is 0. The third-order valence-electron chi connectivity index (χ3n) is 4.21. The van der Waals surface area contributed by atoms with E-state index in [-0.39, 0.29) is 11.9 Å². The second kappa shape index (κ2) is 10.4. The summed E-state index contributed by atoms with van der Waals surface area (Å²) in [6.45, 7) is 8.88. The number of anilines is 1. The molecule has 3 amide bonds. The Labute approximate surface area is 160 Å². The van der Waals surface area contributed by atoms with Crippen LogP contribution in [0.15, 0.2) is 24.3 Å². The molecule has 1 aromatic rings. The van der Waals surface area contributed by atoms with Crippen molar-refractivity contribution in [3.05, 3.63) is 29.8 Å². The summed E-state index contributed by atoms with van der Waals surface area (Å²) in [5, 5.41) is 8.11. The average molecular weight is 379 g/mol. The molecule has 1 aromatic carbocycles. The highest BCUT2D eigenvalue weighted by Crippen LogP contribution is 2.13. The first kappa shape index (κ1) is 20.6. The van der Waals surface area contributed by atoms with Crippen molar-refractivity contribution in [3.63, 3.8) is 0 Å². The van der Waals surface area contributed by atoms with E-state index in [1.54, 1.807) is 6.92 Å². The second-order valence-electron chi connectivity index (χ2n) is 6.88. The van der Waals surface area contributed by atoms with Gasteiger partial charge in [-0.25, -0.2) is 4.79 Å². The highest BCUT2D eigenvalue weighted by molar-refractivity contribution is 7.99. The van der Waals surface area contributed by atoms with Gasteiger partial charge in [0.2, 0.25) is 5.91 Å². The highest BCUT2D eigenvalue weighted by atomic mass is 32.2. The molecule has 1 fully saturated rings. The van der Waals surface area contributed by atoms with Crippen molar-refractivity contribution in [1.29, 1.82) is 0 Å². The molecule has 0 spiro atoms. The Hall–Kier alpha value is -1.73. The van der Waals surface area contributed by atoms with Crippen LogP contribution < -0.4 is 16.0 Å². The Morgan fingerprint density at radius 1 is 1.12 bits per heavy atom. The molecule has 1 aliphatic heterocycles. The molecule has 0 aromatic heterocycles. The fraction of sp³-hybridized carbons (Fsp3) is 0.579. The van der Waals surface area contributed by atoms with Crippen molar-refractivity contribution < 1.29 is 9.59 Å². The van der Waals surface area contributed by atoms with Crippen LogP contribution in [-0.4, -0.2) is 60.1 Å². The van der Waals surface area contributed by atoms with Crippen LogP contribution in [0.5, 0.6) is 0 Å². The van der Waals surface area contributed by atoms with E-state index in [1.165, 1.54) is 30.2 Å². The molecular formula is C19H30N4O2S. The number of nitrogens with one attached hydrogen (secondary N) is 3. The number of benzene rings is 1. The van der Waals surface area contributed by atoms with E-state index in [0.29, 0.717) is 0 Å². The summed E-state index contributed by atoms with van der Waals surface area (Å²) < 4.78 is 0. The average Bonchev–Trinajstić information content (AvgIpc) is 2.61. The van der Waals surface area contributed by atoms with Crippen molar-refractivity contribution in [1.82, 2.24) is 15.5 Å². The molecule has 26 heavy (non-hydrogen) atoms. The lowest BCUT2D eigenvalue weighted by Gasteiger charge is -2.26. The van der Waals surface area contributed by atoms with Crippen molar-refractivity contribution in [3.8, 4) is 0 Å². The monoisotopic (exact) mass is 378 g/mol. The molecule has 6 nitrogen and oxygen atoms in total. The zero-order chi connectivity index (χ0) is 18.9. The molecule has 144 valence electrons. The lowest BCUT2D eigenvalue weighted by atomic mass is 10.1. The Kier molecular flexibility index (Phi) is 8.25. The van der Waals surface area contributed by atoms with Crippen LogP contribution >= 0.6 is 11.8 Å². The second-order valence-corrected chi connectivity index (χ2v) is 8.11. The number of amides is 3. The van der Waals surface area contributed by atoms with E-state index in [1.807, 2.05) is 37.7 Å². The number of carbonyl (C=O) groups excluding carboxylic acids is 2. The fourth-order valence-corrected chi connectivity index (χ4v) is 3.69. The predicted molar refractivity (Wildman–Crippen MR) is 109 cm³/mol. The Morgan fingerprint density at radius 2 is 1.77 bits per heavy atom. The van der Waals surface area contributed by atoms with E-state index in [4.69, 9.17) is 0 Å². The van der Waals surface area contributed by atoms with Gasteiger partial charge in [-0.1, -0.05) is 12.1 Å². The molecular weight excluding hydrogens is 348 g/mol. The Balaban J connectivity index is 1.76. The van der Waals surface area contributed by atoms with Crippen molar-refractivity contribution >= 4 is 29.4 Å². The summed E-state index contributed by atoms with van der Waals surface area (Å²) >= 11 is 2.03. The standard InChI is InChI=1S/C19H30N4O2S/c1-14(2)20-19(25)22-18(24)15(3)21-17-6-4-16(5-7-17)8-9-23-10-12-26-13-11-23/h4-7,14-15,21H,8-13H2,1-3H3,(H2,20,22,24,25). The molecule has 1 aliphatic rings. The molecule has 1 unspecified atom stereocenters. The van der Waals surface area contributed by atoms with Crippen molar-refractivity contribution in [2.45, 2.75) is 39.3 Å². The molecule has 0 aliphatic carbocycles.